The van der Waals surface area contributed by atoms with Crippen LogP contribution in [0.4, 0.5) is 11.4 Å². The van der Waals surface area contributed by atoms with Gasteiger partial charge in [0.1, 0.15) is 5.75 Å². The molecular weight excluding hydrogens is 360 g/mol. The Morgan fingerprint density at radius 1 is 1.29 bits per heavy atom. The molecule has 1 unspecified atom stereocenters. The van der Waals surface area contributed by atoms with Gasteiger partial charge in [-0.3, -0.25) is 19.8 Å². The Morgan fingerprint density at radius 3 is 2.64 bits per heavy atom. The SMILES string of the molecule is COc1ccc([N+](=O)[O-])cc1NC(=O)C(C)N1C[C@@H](N)[C@H](c2ccccc2)C1. The molecule has 0 radical (unpaired) electrons. The van der Waals surface area contributed by atoms with Gasteiger partial charge in [-0.15, -0.1) is 0 Å². The van der Waals surface area contributed by atoms with Crippen molar-refractivity contribution in [3.63, 3.8) is 0 Å². The van der Waals surface area contributed by atoms with E-state index in [2.05, 4.69) is 5.32 Å². The predicted octanol–water partition coefficient (Wildman–Crippen LogP) is 2.36. The molecule has 0 aromatic heterocycles. The lowest BCUT2D eigenvalue weighted by atomic mass is 9.95. The van der Waals surface area contributed by atoms with E-state index in [1.165, 1.54) is 25.3 Å². The second kappa shape index (κ2) is 8.37. The number of nitrogens with zero attached hydrogens (tertiary/aromatic N) is 2. The fraction of sp³-hybridized carbons (Fsp3) is 0.350. The minimum Gasteiger partial charge on any atom is -0.495 e. The number of nitrogens with two attached hydrogens (primary N) is 1. The van der Waals surface area contributed by atoms with Crippen molar-refractivity contribution in [1.82, 2.24) is 4.90 Å². The summed E-state index contributed by atoms with van der Waals surface area (Å²) < 4.78 is 5.21. The molecule has 148 valence electrons. The van der Waals surface area contributed by atoms with E-state index in [1.807, 2.05) is 35.2 Å². The van der Waals surface area contributed by atoms with Crippen LogP contribution in [0, 0.1) is 10.1 Å². The molecule has 0 aliphatic carbocycles. The fourth-order valence-electron chi connectivity index (χ4n) is 3.54. The molecule has 3 atom stereocenters. The van der Waals surface area contributed by atoms with Gasteiger partial charge in [-0.05, 0) is 18.6 Å². The monoisotopic (exact) mass is 384 g/mol. The van der Waals surface area contributed by atoms with Crippen LogP contribution in [0.5, 0.6) is 5.75 Å². The minimum atomic E-state index is -0.511. The molecule has 8 nitrogen and oxygen atoms in total. The van der Waals surface area contributed by atoms with Crippen LogP contribution in [-0.2, 0) is 4.79 Å². The van der Waals surface area contributed by atoms with Crippen molar-refractivity contribution in [2.45, 2.75) is 24.9 Å². The molecule has 1 fully saturated rings. The number of hydrogen-bond donors (Lipinski definition) is 2. The van der Waals surface area contributed by atoms with Crippen LogP contribution < -0.4 is 15.8 Å². The first kappa shape index (κ1) is 19.8. The Balaban J connectivity index is 1.72. The Kier molecular flexibility index (Phi) is 5.91. The number of nitrogens with one attached hydrogen (secondary N) is 1. The van der Waals surface area contributed by atoms with E-state index in [4.69, 9.17) is 10.5 Å². The number of hydrogen-bond acceptors (Lipinski definition) is 6. The number of nitro benzene ring substituents is 1. The van der Waals surface area contributed by atoms with E-state index in [1.54, 1.807) is 6.92 Å². The Labute approximate surface area is 163 Å². The van der Waals surface area contributed by atoms with Gasteiger partial charge in [-0.1, -0.05) is 30.3 Å². The summed E-state index contributed by atoms with van der Waals surface area (Å²) in [6, 6.07) is 13.6. The summed E-state index contributed by atoms with van der Waals surface area (Å²) in [4.78, 5) is 25.3. The first-order valence-corrected chi connectivity index (χ1v) is 9.08. The van der Waals surface area contributed by atoms with Gasteiger partial charge in [0.2, 0.25) is 5.91 Å². The van der Waals surface area contributed by atoms with Crippen LogP contribution >= 0.6 is 0 Å². The number of non-ortho nitro benzene ring substituents is 1. The van der Waals surface area contributed by atoms with Crippen molar-refractivity contribution in [2.75, 3.05) is 25.5 Å². The molecule has 28 heavy (non-hydrogen) atoms. The molecule has 3 rings (SSSR count). The third kappa shape index (κ3) is 4.13. The zero-order valence-electron chi connectivity index (χ0n) is 15.9. The number of benzene rings is 2. The summed E-state index contributed by atoms with van der Waals surface area (Å²) in [6.45, 7) is 3.07. The lowest BCUT2D eigenvalue weighted by Crippen LogP contribution is -2.41. The Hall–Kier alpha value is -2.97. The molecule has 1 heterocycles. The molecule has 3 N–H and O–H groups in total. The molecule has 2 aromatic rings. The maximum atomic E-state index is 12.8. The van der Waals surface area contributed by atoms with Gasteiger partial charge in [0.05, 0.1) is 23.8 Å². The zero-order valence-corrected chi connectivity index (χ0v) is 15.9. The number of ether oxygens (including phenoxy) is 1. The third-order valence-corrected chi connectivity index (χ3v) is 5.20. The van der Waals surface area contributed by atoms with E-state index in [9.17, 15) is 14.9 Å². The van der Waals surface area contributed by atoms with Gasteiger partial charge in [0.15, 0.2) is 0 Å². The van der Waals surface area contributed by atoms with Crippen molar-refractivity contribution >= 4 is 17.3 Å². The number of carbonyl (C=O) groups excluding carboxylic acids is 1. The highest BCUT2D eigenvalue weighted by atomic mass is 16.6. The average Bonchev–Trinajstić information content (AvgIpc) is 3.09. The highest BCUT2D eigenvalue weighted by Gasteiger charge is 2.35. The molecule has 0 spiro atoms. The molecule has 2 aromatic carbocycles. The van der Waals surface area contributed by atoms with Gasteiger partial charge in [-0.2, -0.15) is 0 Å². The first-order chi connectivity index (χ1) is 13.4. The molecule has 1 aliphatic rings. The van der Waals surface area contributed by atoms with Crippen molar-refractivity contribution in [1.29, 1.82) is 0 Å². The minimum absolute atomic E-state index is 0.0648. The first-order valence-electron chi connectivity index (χ1n) is 9.08. The fourth-order valence-corrected chi connectivity index (χ4v) is 3.54. The van der Waals surface area contributed by atoms with Crippen LogP contribution in [0.15, 0.2) is 48.5 Å². The molecule has 1 amide bonds. The summed E-state index contributed by atoms with van der Waals surface area (Å²) in [5.74, 6) is 0.259. The number of rotatable bonds is 6. The van der Waals surface area contributed by atoms with Crippen molar-refractivity contribution in [3.05, 3.63) is 64.2 Å². The Bertz CT molecular complexity index is 859. The van der Waals surface area contributed by atoms with Gasteiger partial charge < -0.3 is 15.8 Å². The number of anilines is 1. The largest absolute Gasteiger partial charge is 0.495 e. The average molecular weight is 384 g/mol. The van der Waals surface area contributed by atoms with E-state index < -0.39 is 11.0 Å². The maximum absolute atomic E-state index is 12.8. The van der Waals surface area contributed by atoms with Gasteiger partial charge >= 0.3 is 0 Å². The molecule has 8 heteroatoms. The molecule has 0 saturated carbocycles. The highest BCUT2D eigenvalue weighted by Crippen LogP contribution is 2.31. The standard InChI is InChI=1S/C20H24N4O4/c1-13(23-11-16(17(21)12-23)14-6-4-3-5-7-14)20(25)22-18-10-15(24(26)27)8-9-19(18)28-2/h3-10,13,16-17H,11-12,21H2,1-2H3,(H,22,25)/t13?,16-,17+/m0/s1. The van der Waals surface area contributed by atoms with Crippen molar-refractivity contribution < 1.29 is 14.5 Å². The normalized spacial score (nSPS) is 20.5. The lowest BCUT2D eigenvalue weighted by molar-refractivity contribution is -0.384. The maximum Gasteiger partial charge on any atom is 0.271 e. The van der Waals surface area contributed by atoms with Crippen LogP contribution in [0.2, 0.25) is 0 Å². The Morgan fingerprint density at radius 2 is 2.00 bits per heavy atom. The van der Waals surface area contributed by atoms with E-state index in [0.29, 0.717) is 18.8 Å². The van der Waals surface area contributed by atoms with Crippen LogP contribution in [0.25, 0.3) is 0 Å². The number of methoxy groups -OCH3 is 1. The van der Waals surface area contributed by atoms with Gasteiger partial charge in [-0.25, -0.2) is 0 Å². The summed E-state index contributed by atoms with van der Waals surface area (Å²) in [7, 11) is 1.45. The van der Waals surface area contributed by atoms with E-state index >= 15 is 0 Å². The highest BCUT2D eigenvalue weighted by molar-refractivity contribution is 5.96. The quantitative estimate of drug-likeness (QED) is 0.584. The summed E-state index contributed by atoms with van der Waals surface area (Å²) in [6.07, 6.45) is 0. The summed E-state index contributed by atoms with van der Waals surface area (Å²) in [5.41, 5.74) is 7.64. The summed E-state index contributed by atoms with van der Waals surface area (Å²) >= 11 is 0. The van der Waals surface area contributed by atoms with Gasteiger partial charge in [0.25, 0.3) is 5.69 Å². The molecule has 1 saturated heterocycles. The second-order valence-corrected chi connectivity index (χ2v) is 6.94. The van der Waals surface area contributed by atoms with Crippen LogP contribution in [0.1, 0.15) is 18.4 Å². The van der Waals surface area contributed by atoms with E-state index in [-0.39, 0.29) is 29.2 Å². The van der Waals surface area contributed by atoms with Crippen molar-refractivity contribution in [2.24, 2.45) is 5.73 Å². The molecular formula is C20H24N4O4. The predicted molar refractivity (Wildman–Crippen MR) is 106 cm³/mol. The number of carbonyl (C=O) groups is 1. The second-order valence-electron chi connectivity index (χ2n) is 6.94. The van der Waals surface area contributed by atoms with Crippen molar-refractivity contribution in [3.8, 4) is 5.75 Å². The topological polar surface area (TPSA) is 111 Å². The number of likely N-dealkylation sites (tertiary alicyclic amines) is 1. The van der Waals surface area contributed by atoms with Crippen LogP contribution in [0.3, 0.4) is 0 Å². The van der Waals surface area contributed by atoms with Crippen LogP contribution in [-0.4, -0.2) is 48.0 Å². The third-order valence-electron chi connectivity index (χ3n) is 5.20. The van der Waals surface area contributed by atoms with E-state index in [0.717, 1.165) is 5.56 Å². The number of nitro groups is 1. The zero-order chi connectivity index (χ0) is 20.3. The smallest absolute Gasteiger partial charge is 0.271 e. The summed E-state index contributed by atoms with van der Waals surface area (Å²) in [5, 5.41) is 13.8. The van der Waals surface area contributed by atoms with Gasteiger partial charge in [0, 0.05) is 37.2 Å². The number of amides is 1. The molecule has 1 aliphatic heterocycles. The molecule has 0 bridgehead atoms. The lowest BCUT2D eigenvalue weighted by Gasteiger charge is -2.23.